The van der Waals surface area contributed by atoms with Crippen molar-refractivity contribution in [1.29, 1.82) is 0 Å². The number of carbonyl (C=O) groups is 2. The fourth-order valence-corrected chi connectivity index (χ4v) is 3.67. The van der Waals surface area contributed by atoms with E-state index in [2.05, 4.69) is 21.2 Å². The number of halogens is 1. The second kappa shape index (κ2) is 6.16. The molecule has 8 heteroatoms. The molecule has 0 heterocycles. The summed E-state index contributed by atoms with van der Waals surface area (Å²) in [4.78, 5) is 21.8. The van der Waals surface area contributed by atoms with Crippen molar-refractivity contribution < 1.29 is 23.1 Å². The third-order valence-electron chi connectivity index (χ3n) is 2.39. The molecule has 0 aliphatic heterocycles. The number of sulfone groups is 1. The summed E-state index contributed by atoms with van der Waals surface area (Å²) in [6.45, 7) is 0. The maximum atomic E-state index is 12.0. The van der Waals surface area contributed by atoms with E-state index in [1.165, 1.54) is 19.2 Å². The van der Waals surface area contributed by atoms with E-state index in [-0.39, 0.29) is 27.1 Å². The van der Waals surface area contributed by atoms with Crippen LogP contribution in [0.25, 0.3) is 0 Å². The summed E-state index contributed by atoms with van der Waals surface area (Å²) in [6.07, 6.45) is -0.178. The average molecular weight is 350 g/mol. The van der Waals surface area contributed by atoms with E-state index >= 15 is 0 Å². The van der Waals surface area contributed by atoms with Crippen LogP contribution in [-0.2, 0) is 14.6 Å². The Hall–Kier alpha value is -1.41. The number of carboxylic acids is 1. The lowest BCUT2D eigenvalue weighted by atomic mass is 10.2. The molecule has 1 rings (SSSR count). The molecule has 0 saturated carbocycles. The maximum absolute atomic E-state index is 12.0. The molecular formula is C11H12BrNO5S. The Kier molecular flexibility index (Phi) is 5.07. The van der Waals surface area contributed by atoms with Crippen molar-refractivity contribution in [2.45, 2.75) is 11.3 Å². The standard InChI is InChI=1S/C11H12BrNO5S/c1-13-10(14)4-5-19(17,18)9-6-7(11(15)16)2-3-8(9)12/h2-3,6H,4-5H2,1H3,(H,13,14)(H,15,16). The number of carbonyl (C=O) groups excluding carboxylic acids is 1. The zero-order valence-electron chi connectivity index (χ0n) is 10.0. The molecule has 0 fully saturated rings. The van der Waals surface area contributed by atoms with E-state index in [1.807, 2.05) is 0 Å². The normalized spacial score (nSPS) is 11.1. The predicted molar refractivity (Wildman–Crippen MR) is 71.8 cm³/mol. The molecule has 1 aromatic rings. The van der Waals surface area contributed by atoms with Crippen LogP contribution in [-0.4, -0.2) is 38.2 Å². The molecule has 0 spiro atoms. The molecule has 0 bridgehead atoms. The van der Waals surface area contributed by atoms with E-state index < -0.39 is 21.7 Å². The summed E-state index contributed by atoms with van der Waals surface area (Å²) in [6, 6.07) is 3.73. The van der Waals surface area contributed by atoms with Gasteiger partial charge in [-0.3, -0.25) is 4.79 Å². The Bertz CT molecular complexity index is 612. The van der Waals surface area contributed by atoms with Crippen molar-refractivity contribution in [1.82, 2.24) is 5.32 Å². The quantitative estimate of drug-likeness (QED) is 0.827. The third-order valence-corrected chi connectivity index (χ3v) is 5.09. The molecule has 0 atom stereocenters. The minimum atomic E-state index is -3.72. The first-order chi connectivity index (χ1) is 8.77. The van der Waals surface area contributed by atoms with Gasteiger partial charge in [0.1, 0.15) is 0 Å². The van der Waals surface area contributed by atoms with E-state index in [1.54, 1.807) is 0 Å². The number of carboxylic acid groups (broad SMARTS) is 1. The van der Waals surface area contributed by atoms with Crippen molar-refractivity contribution in [3.63, 3.8) is 0 Å². The number of hydrogen-bond donors (Lipinski definition) is 2. The molecule has 1 aromatic carbocycles. The van der Waals surface area contributed by atoms with Crippen LogP contribution < -0.4 is 5.32 Å². The fraction of sp³-hybridized carbons (Fsp3) is 0.273. The zero-order valence-corrected chi connectivity index (χ0v) is 12.4. The van der Waals surface area contributed by atoms with Crippen LogP contribution in [0, 0.1) is 0 Å². The highest BCUT2D eigenvalue weighted by Gasteiger charge is 2.20. The van der Waals surface area contributed by atoms with Gasteiger partial charge in [-0.1, -0.05) is 0 Å². The van der Waals surface area contributed by atoms with Gasteiger partial charge in [-0.2, -0.15) is 0 Å². The number of amides is 1. The molecule has 0 aromatic heterocycles. The number of benzene rings is 1. The van der Waals surface area contributed by atoms with Gasteiger partial charge in [0.05, 0.1) is 16.2 Å². The van der Waals surface area contributed by atoms with Crippen LogP contribution in [0.2, 0.25) is 0 Å². The topological polar surface area (TPSA) is 101 Å². The van der Waals surface area contributed by atoms with Gasteiger partial charge in [0.25, 0.3) is 0 Å². The van der Waals surface area contributed by atoms with Gasteiger partial charge in [-0.25, -0.2) is 13.2 Å². The lowest BCUT2D eigenvalue weighted by molar-refractivity contribution is -0.120. The van der Waals surface area contributed by atoms with Crippen LogP contribution in [0.5, 0.6) is 0 Å². The molecular weight excluding hydrogens is 338 g/mol. The molecule has 2 N–H and O–H groups in total. The van der Waals surface area contributed by atoms with Gasteiger partial charge >= 0.3 is 5.97 Å². The Labute approximate surface area is 118 Å². The Morgan fingerprint density at radius 2 is 2.00 bits per heavy atom. The Balaban J connectivity index is 3.10. The van der Waals surface area contributed by atoms with Crippen LogP contribution in [0.4, 0.5) is 0 Å². The van der Waals surface area contributed by atoms with Crippen molar-refractivity contribution in [3.05, 3.63) is 28.2 Å². The van der Waals surface area contributed by atoms with Crippen LogP contribution in [0.15, 0.2) is 27.6 Å². The highest BCUT2D eigenvalue weighted by molar-refractivity contribution is 9.10. The summed E-state index contributed by atoms with van der Waals surface area (Å²) in [7, 11) is -2.31. The predicted octanol–water partition coefficient (Wildman–Crippen LogP) is 1.06. The molecule has 104 valence electrons. The van der Waals surface area contributed by atoms with Crippen molar-refractivity contribution >= 4 is 37.6 Å². The van der Waals surface area contributed by atoms with Gasteiger partial charge in [0, 0.05) is 17.9 Å². The molecule has 19 heavy (non-hydrogen) atoms. The first kappa shape index (κ1) is 15.6. The van der Waals surface area contributed by atoms with Gasteiger partial charge in [0.15, 0.2) is 9.84 Å². The minimum Gasteiger partial charge on any atom is -0.478 e. The maximum Gasteiger partial charge on any atom is 0.335 e. The second-order valence-corrected chi connectivity index (χ2v) is 6.62. The average Bonchev–Trinajstić information content (AvgIpc) is 2.36. The molecule has 0 aliphatic carbocycles. The smallest absolute Gasteiger partial charge is 0.335 e. The second-order valence-electron chi connectivity index (χ2n) is 3.69. The molecule has 0 aliphatic rings. The molecule has 1 amide bonds. The first-order valence-electron chi connectivity index (χ1n) is 5.24. The number of nitrogens with one attached hydrogen (secondary N) is 1. The van der Waals surface area contributed by atoms with E-state index in [0.29, 0.717) is 0 Å². The highest BCUT2D eigenvalue weighted by atomic mass is 79.9. The van der Waals surface area contributed by atoms with Gasteiger partial charge < -0.3 is 10.4 Å². The molecule has 0 saturated heterocycles. The zero-order chi connectivity index (χ0) is 14.6. The van der Waals surface area contributed by atoms with Crippen molar-refractivity contribution in [2.75, 3.05) is 12.8 Å². The fourth-order valence-electron chi connectivity index (χ4n) is 1.34. The number of hydrogen-bond acceptors (Lipinski definition) is 4. The Morgan fingerprint density at radius 3 is 2.53 bits per heavy atom. The monoisotopic (exact) mass is 349 g/mol. The summed E-state index contributed by atoms with van der Waals surface area (Å²) >= 11 is 3.07. The molecule has 6 nitrogen and oxygen atoms in total. The van der Waals surface area contributed by atoms with Crippen molar-refractivity contribution in [3.8, 4) is 0 Å². The van der Waals surface area contributed by atoms with Crippen LogP contribution in [0.1, 0.15) is 16.8 Å². The van der Waals surface area contributed by atoms with E-state index in [9.17, 15) is 18.0 Å². The lowest BCUT2D eigenvalue weighted by Crippen LogP contribution is -2.21. The summed E-state index contributed by atoms with van der Waals surface area (Å²) in [5, 5.41) is 11.2. The summed E-state index contributed by atoms with van der Waals surface area (Å²) in [5.74, 6) is -1.99. The van der Waals surface area contributed by atoms with Crippen LogP contribution in [0.3, 0.4) is 0 Å². The van der Waals surface area contributed by atoms with Gasteiger partial charge in [0.2, 0.25) is 5.91 Å². The minimum absolute atomic E-state index is 0.123. The van der Waals surface area contributed by atoms with Gasteiger partial charge in [-0.15, -0.1) is 0 Å². The molecule has 0 unspecified atom stereocenters. The number of aromatic carboxylic acids is 1. The first-order valence-corrected chi connectivity index (χ1v) is 7.68. The highest BCUT2D eigenvalue weighted by Crippen LogP contribution is 2.24. The largest absolute Gasteiger partial charge is 0.478 e. The summed E-state index contributed by atoms with van der Waals surface area (Å²) in [5.41, 5.74) is -0.123. The van der Waals surface area contributed by atoms with Crippen LogP contribution >= 0.6 is 15.9 Å². The SMILES string of the molecule is CNC(=O)CCS(=O)(=O)c1cc(C(=O)O)ccc1Br. The Morgan fingerprint density at radius 1 is 1.37 bits per heavy atom. The van der Waals surface area contributed by atoms with E-state index in [0.717, 1.165) is 6.07 Å². The lowest BCUT2D eigenvalue weighted by Gasteiger charge is -2.07. The van der Waals surface area contributed by atoms with Gasteiger partial charge in [-0.05, 0) is 34.1 Å². The summed E-state index contributed by atoms with van der Waals surface area (Å²) < 4.78 is 24.4. The number of rotatable bonds is 5. The van der Waals surface area contributed by atoms with E-state index in [4.69, 9.17) is 5.11 Å². The third kappa shape index (κ3) is 4.03. The van der Waals surface area contributed by atoms with Crippen molar-refractivity contribution in [2.24, 2.45) is 0 Å². The molecule has 0 radical (unpaired) electrons.